The van der Waals surface area contributed by atoms with Crippen LogP contribution in [-0.2, 0) is 72.9 Å². The van der Waals surface area contributed by atoms with E-state index < -0.39 is 5.97 Å². The molecule has 0 heterocycles. The predicted molar refractivity (Wildman–Crippen MR) is 407 cm³/mol. The minimum absolute atomic E-state index is 0.0281. The van der Waals surface area contributed by atoms with Gasteiger partial charge >= 0.3 is 11.9 Å². The van der Waals surface area contributed by atoms with Crippen molar-refractivity contribution in [3.05, 3.63) is 323 Å². The second-order valence-electron chi connectivity index (χ2n) is 22.1. The highest BCUT2D eigenvalue weighted by molar-refractivity contribution is 9.09. The van der Waals surface area contributed by atoms with Crippen molar-refractivity contribution < 1.29 is 77.8 Å². The number of methoxy groups -OCH3 is 1. The number of halogens is 1. The van der Waals surface area contributed by atoms with Gasteiger partial charge in [0, 0.05) is 40.4 Å². The molecule has 0 unspecified atom stereocenters. The monoisotopic (exact) mass is 1470 g/mol. The number of carboxylic acid groups (broad SMARTS) is 1. The largest absolute Gasteiger partial charge is 0.508 e. The number of oxime groups is 4. The molecule has 0 aromatic heterocycles. The summed E-state index contributed by atoms with van der Waals surface area (Å²) in [5, 5.41) is 51.8. The Kier molecular flexibility index (Phi) is 37.6. The minimum atomic E-state index is -0.796. The van der Waals surface area contributed by atoms with E-state index in [1.807, 2.05) is 243 Å². The first kappa shape index (κ1) is 81.2. The van der Waals surface area contributed by atoms with Crippen molar-refractivity contribution in [3.8, 4) is 34.5 Å². The van der Waals surface area contributed by atoms with Gasteiger partial charge in [0.05, 0.1) is 26.0 Å². The number of hydrogen-bond donors (Lipinski definition) is 4. The topological polar surface area (TPSA) is 257 Å². The average molecular weight is 1480 g/mol. The van der Waals surface area contributed by atoms with Gasteiger partial charge < -0.3 is 68.2 Å². The van der Waals surface area contributed by atoms with Crippen LogP contribution in [0.4, 0.5) is 0 Å². The van der Waals surface area contributed by atoms with Crippen molar-refractivity contribution in [2.45, 2.75) is 52.1 Å². The first-order valence-electron chi connectivity index (χ1n) is 32.9. The van der Waals surface area contributed by atoms with Crippen molar-refractivity contribution in [1.82, 2.24) is 0 Å². The number of esters is 1. The lowest BCUT2D eigenvalue weighted by molar-refractivity contribution is -0.140. The standard InChI is InChI=1S/C26H27NO5.C25H25NO5.C16H17NO3.C9H10BrNO.C7H8O2/c1-29-26(28)17-12-20-8-13-23(14-9-20)31-18-21-10-15-24(16-11-21)32-19-25(27-30-2)22-6-4-3-5-7-22;1-29-26-24(21-5-3-2-4-6-21)18-31-23-14-9-20(10-15-23)17-30-22-12-7-19(8-13-22)11-16-25(27)28;1-19-17-16(14-5-3-2-4-6-14)12-20-15-9-7-13(11-18)8-10-15;1-12-11-9(7-10)8-5-3-2-4-6-8;8-5-6-1-3-7(9)4-2-6/h3-11,13-16H,12,17-19H2,1-2H3;2-10,12-15H,11,16-18H2,1H3,(H,27,28);2-10,18H,11-12H2,1H3;2-6H,7H2,1H3;1-4,8-9H,5H2/b27-25+;26-24+;17-16+;11-9+;. The Bertz CT molecular complexity index is 4140. The number of ether oxygens (including phenoxy) is 6. The van der Waals surface area contributed by atoms with Gasteiger partial charge in [0.1, 0.15) is 113 Å². The smallest absolute Gasteiger partial charge is 0.305 e. The van der Waals surface area contributed by atoms with Crippen molar-refractivity contribution in [1.29, 1.82) is 0 Å². The first-order chi connectivity index (χ1) is 50.8. The Morgan fingerprint density at radius 3 is 0.894 bits per heavy atom. The number of hydrogen-bond acceptors (Lipinski definition) is 19. The number of aliphatic hydroxyl groups excluding tert-OH is 2. The summed E-state index contributed by atoms with van der Waals surface area (Å²) in [5.74, 6) is 2.93. The van der Waals surface area contributed by atoms with Crippen LogP contribution in [0.25, 0.3) is 0 Å². The predicted octanol–water partition coefficient (Wildman–Crippen LogP) is 15.4. The van der Waals surface area contributed by atoms with Gasteiger partial charge in [-0.1, -0.05) is 231 Å². The number of aryl methyl sites for hydroxylation is 2. The van der Waals surface area contributed by atoms with E-state index in [0.717, 1.165) is 102 Å². The number of aliphatic hydroxyl groups is 2. The lowest BCUT2D eigenvalue weighted by atomic mass is 10.1. The highest BCUT2D eigenvalue weighted by Crippen LogP contribution is 2.21. The number of carboxylic acids is 1. The SMILES string of the molecule is CO/N=C(\CBr)c1ccccc1.CO/N=C(\COc1ccc(CO)cc1)c1ccccc1.CO/N=C(\COc1ccc(COc2ccc(CCC(=O)O)cc2)cc1)c1ccccc1.CO/N=C(\COc1ccc(COc2ccc(CCC(=O)OC)cc2)cc1)c1ccccc1.OCc1ccc(O)cc1. The van der Waals surface area contributed by atoms with E-state index in [9.17, 15) is 9.59 Å². The summed E-state index contributed by atoms with van der Waals surface area (Å²) in [4.78, 5) is 41.3. The van der Waals surface area contributed by atoms with Crippen molar-refractivity contribution in [2.75, 3.05) is 60.7 Å². The molecule has 0 fully saturated rings. The summed E-state index contributed by atoms with van der Waals surface area (Å²) >= 11 is 3.34. The molecule has 0 bridgehead atoms. The Hall–Kier alpha value is -11.8. The van der Waals surface area contributed by atoms with Crippen LogP contribution in [-0.4, -0.2) is 116 Å². The lowest BCUT2D eigenvalue weighted by Gasteiger charge is -2.10. The molecule has 4 N–H and O–H groups in total. The van der Waals surface area contributed by atoms with Gasteiger partial charge in [0.25, 0.3) is 0 Å². The lowest BCUT2D eigenvalue weighted by Crippen LogP contribution is -2.13. The van der Waals surface area contributed by atoms with Crippen LogP contribution in [0.3, 0.4) is 0 Å². The number of nitrogens with zero attached hydrogens (tertiary/aromatic N) is 4. The molecule has 0 atom stereocenters. The Morgan fingerprint density at radius 2 is 0.606 bits per heavy atom. The third kappa shape index (κ3) is 31.4. The maximum Gasteiger partial charge on any atom is 0.305 e. The van der Waals surface area contributed by atoms with E-state index in [-0.39, 0.29) is 31.4 Å². The van der Waals surface area contributed by atoms with Crippen LogP contribution < -0.4 is 23.7 Å². The molecule has 0 saturated carbocycles. The van der Waals surface area contributed by atoms with E-state index in [1.165, 1.54) is 28.4 Å². The summed E-state index contributed by atoms with van der Waals surface area (Å²) in [6.45, 7) is 1.84. The van der Waals surface area contributed by atoms with E-state index in [1.54, 1.807) is 31.4 Å². The summed E-state index contributed by atoms with van der Waals surface area (Å²) < 4.78 is 33.7. The van der Waals surface area contributed by atoms with E-state index in [4.69, 9.17) is 63.5 Å². The van der Waals surface area contributed by atoms with Crippen LogP contribution in [0.5, 0.6) is 34.5 Å². The maximum absolute atomic E-state index is 11.2. The Morgan fingerprint density at radius 1 is 0.337 bits per heavy atom. The van der Waals surface area contributed by atoms with Crippen LogP contribution in [0.15, 0.2) is 288 Å². The molecule has 0 aliphatic rings. The molecule has 104 heavy (non-hydrogen) atoms. The number of carbonyl (C=O) groups excluding carboxylic acids is 1. The number of carbonyl (C=O) groups is 2. The minimum Gasteiger partial charge on any atom is -0.508 e. The van der Waals surface area contributed by atoms with Crippen LogP contribution in [0.1, 0.15) is 68.5 Å². The molecule has 0 aliphatic heterocycles. The quantitative estimate of drug-likeness (QED) is 0.0132. The van der Waals surface area contributed by atoms with Gasteiger partial charge in [-0.05, 0) is 119 Å². The maximum atomic E-state index is 11.2. The average Bonchev–Trinajstić information content (AvgIpc) is 0.905. The molecule has 10 aromatic rings. The summed E-state index contributed by atoms with van der Waals surface area (Å²) in [6.07, 6.45) is 1.65. The molecule has 0 radical (unpaired) electrons. The molecule has 21 heteroatoms. The van der Waals surface area contributed by atoms with Gasteiger partial charge in [0.15, 0.2) is 0 Å². The molecule has 0 spiro atoms. The molecular formula is C83H87BrN4O16. The Labute approximate surface area is 615 Å². The highest BCUT2D eigenvalue weighted by Gasteiger charge is 2.11. The summed E-state index contributed by atoms with van der Waals surface area (Å²) in [5.41, 5.74) is 12.7. The number of aromatic hydroxyl groups is 1. The van der Waals surface area contributed by atoms with Gasteiger partial charge in [-0.25, -0.2) is 0 Å². The zero-order valence-electron chi connectivity index (χ0n) is 58.7. The number of phenols is 1. The number of phenolic OH excluding ortho intramolecular Hbond substituents is 1. The highest BCUT2D eigenvalue weighted by atomic mass is 79.9. The molecule has 0 aliphatic carbocycles. The second kappa shape index (κ2) is 48.1. The van der Waals surface area contributed by atoms with Crippen molar-refractivity contribution in [2.24, 2.45) is 20.6 Å². The van der Waals surface area contributed by atoms with Crippen LogP contribution >= 0.6 is 15.9 Å². The zero-order valence-corrected chi connectivity index (χ0v) is 60.3. The summed E-state index contributed by atoms with van der Waals surface area (Å²) in [6, 6.07) is 83.6. The number of rotatable bonds is 32. The first-order valence-corrected chi connectivity index (χ1v) is 34.0. The molecule has 10 aromatic carbocycles. The third-order valence-electron chi connectivity index (χ3n) is 14.7. The Balaban J connectivity index is 0.000000218. The molecule has 0 amide bonds. The van der Waals surface area contributed by atoms with E-state index in [2.05, 4.69) is 41.3 Å². The fourth-order valence-electron chi connectivity index (χ4n) is 9.15. The summed E-state index contributed by atoms with van der Waals surface area (Å²) in [7, 11) is 7.50. The molecule has 20 nitrogen and oxygen atoms in total. The molecule has 10 rings (SSSR count). The van der Waals surface area contributed by atoms with Crippen molar-refractivity contribution in [3.63, 3.8) is 0 Å². The van der Waals surface area contributed by atoms with Gasteiger partial charge in [-0.15, -0.1) is 0 Å². The van der Waals surface area contributed by atoms with Gasteiger partial charge in [0.2, 0.25) is 0 Å². The number of alkyl halides is 1. The molecular weight excluding hydrogens is 1390 g/mol. The fraction of sp³-hybridized carbons (Fsp3) is 0.205. The molecule has 0 saturated heterocycles. The van der Waals surface area contributed by atoms with Crippen LogP contribution in [0.2, 0.25) is 0 Å². The van der Waals surface area contributed by atoms with Gasteiger partial charge in [-0.3, -0.25) is 9.59 Å². The fourth-order valence-corrected chi connectivity index (χ4v) is 9.58. The second-order valence-corrected chi connectivity index (χ2v) is 22.7. The normalized spacial score (nSPS) is 11.0. The number of benzene rings is 10. The van der Waals surface area contributed by atoms with Gasteiger partial charge in [-0.2, -0.15) is 0 Å². The van der Waals surface area contributed by atoms with Crippen LogP contribution in [0, 0.1) is 0 Å². The zero-order chi connectivity index (χ0) is 74.2. The molecule has 542 valence electrons. The van der Waals surface area contributed by atoms with E-state index in [0.29, 0.717) is 63.3 Å². The number of aliphatic carboxylic acids is 1. The third-order valence-corrected chi connectivity index (χ3v) is 15.2. The van der Waals surface area contributed by atoms with E-state index >= 15 is 0 Å². The van der Waals surface area contributed by atoms with Crippen molar-refractivity contribution >= 4 is 50.7 Å².